The Morgan fingerprint density at radius 3 is 2.69 bits per heavy atom. The first-order chi connectivity index (χ1) is 15.1. The second-order valence-corrected chi connectivity index (χ2v) is 6.68. The molecule has 0 aliphatic carbocycles. The summed E-state index contributed by atoms with van der Waals surface area (Å²) in [7, 11) is 0. The molecule has 2 aromatic carbocycles. The molecule has 0 fully saturated rings. The Morgan fingerprint density at radius 1 is 1.19 bits per heavy atom. The molecule has 0 radical (unpaired) electrons. The largest absolute Gasteiger partial charge is 0.455 e. The van der Waals surface area contributed by atoms with Gasteiger partial charge in [0.15, 0.2) is 0 Å². The van der Waals surface area contributed by atoms with Crippen molar-refractivity contribution in [2.75, 3.05) is 11.9 Å². The molecule has 0 spiro atoms. The van der Waals surface area contributed by atoms with Crippen molar-refractivity contribution in [3.8, 4) is 11.3 Å². The van der Waals surface area contributed by atoms with E-state index in [0.29, 0.717) is 11.3 Å². The molecule has 0 aliphatic heterocycles. The number of halogens is 3. The fourth-order valence-electron chi connectivity index (χ4n) is 2.75. The average molecular weight is 446 g/mol. The minimum atomic E-state index is -4.48. The van der Waals surface area contributed by atoms with E-state index in [0.717, 1.165) is 17.7 Å². The number of nitrogens with one attached hydrogen (secondary N) is 2. The molecule has 3 aromatic rings. The normalized spacial score (nSPS) is 11.5. The monoisotopic (exact) mass is 446 g/mol. The van der Waals surface area contributed by atoms with Gasteiger partial charge in [-0.1, -0.05) is 12.1 Å². The van der Waals surface area contributed by atoms with Crippen LogP contribution in [0.25, 0.3) is 11.3 Å². The van der Waals surface area contributed by atoms with Gasteiger partial charge in [-0.2, -0.15) is 18.3 Å². The van der Waals surface area contributed by atoms with Gasteiger partial charge < -0.3 is 9.73 Å². The van der Waals surface area contributed by atoms with Crippen molar-refractivity contribution in [1.82, 2.24) is 5.43 Å². The summed E-state index contributed by atoms with van der Waals surface area (Å²) in [5.41, 5.74) is 2.80. The Morgan fingerprint density at radius 2 is 1.97 bits per heavy atom. The molecule has 0 bridgehead atoms. The Bertz CT molecular complexity index is 1170. The number of hydrogen-bond acceptors (Lipinski definition) is 6. The zero-order chi connectivity index (χ0) is 23.3. The van der Waals surface area contributed by atoms with Gasteiger partial charge in [0.2, 0.25) is 0 Å². The number of hydrazone groups is 1. The van der Waals surface area contributed by atoms with Gasteiger partial charge in [-0.25, -0.2) is 5.43 Å². The summed E-state index contributed by atoms with van der Waals surface area (Å²) in [4.78, 5) is 22.3. The average Bonchev–Trinajstić information content (AvgIpc) is 3.20. The third-order valence-corrected chi connectivity index (χ3v) is 4.35. The van der Waals surface area contributed by atoms with E-state index in [1.807, 2.05) is 0 Å². The van der Waals surface area contributed by atoms with Gasteiger partial charge >= 0.3 is 6.18 Å². The van der Waals surface area contributed by atoms with Crippen LogP contribution in [0, 0.1) is 17.0 Å². The number of carbonyl (C=O) groups excluding carboxylic acids is 1. The van der Waals surface area contributed by atoms with E-state index in [2.05, 4.69) is 15.8 Å². The summed E-state index contributed by atoms with van der Waals surface area (Å²) in [5, 5.41) is 17.3. The van der Waals surface area contributed by atoms with Gasteiger partial charge in [0, 0.05) is 23.4 Å². The summed E-state index contributed by atoms with van der Waals surface area (Å²) in [6, 6.07) is 12.1. The van der Waals surface area contributed by atoms with E-state index in [9.17, 15) is 28.1 Å². The van der Waals surface area contributed by atoms with Gasteiger partial charge in [-0.15, -0.1) is 0 Å². The van der Waals surface area contributed by atoms with E-state index in [1.54, 1.807) is 25.1 Å². The Balaban J connectivity index is 1.57. The SMILES string of the molecule is Cc1ccc([N+](=O)[O-])cc1-c1ccc(/C=N\NC(=O)CNc2cccc(C(F)(F)F)c2)o1. The number of nitro benzene ring substituents is 1. The lowest BCUT2D eigenvalue weighted by molar-refractivity contribution is -0.384. The lowest BCUT2D eigenvalue weighted by Gasteiger charge is -2.09. The highest BCUT2D eigenvalue weighted by molar-refractivity contribution is 5.83. The number of furan rings is 1. The number of anilines is 1. The van der Waals surface area contributed by atoms with Crippen LogP contribution in [-0.2, 0) is 11.0 Å². The number of non-ortho nitro benzene ring substituents is 1. The molecule has 0 atom stereocenters. The van der Waals surface area contributed by atoms with E-state index in [-0.39, 0.29) is 23.7 Å². The van der Waals surface area contributed by atoms with Crippen LogP contribution in [0.15, 0.2) is 64.1 Å². The number of carbonyl (C=O) groups is 1. The highest BCUT2D eigenvalue weighted by atomic mass is 19.4. The second kappa shape index (κ2) is 9.33. The maximum atomic E-state index is 12.7. The summed E-state index contributed by atoms with van der Waals surface area (Å²) in [6.45, 7) is 1.49. The quantitative estimate of drug-likeness (QED) is 0.309. The van der Waals surface area contributed by atoms with Crippen molar-refractivity contribution >= 4 is 23.5 Å². The molecule has 2 N–H and O–H groups in total. The fraction of sp³-hybridized carbons (Fsp3) is 0.143. The maximum Gasteiger partial charge on any atom is 0.416 e. The summed E-state index contributed by atoms with van der Waals surface area (Å²) < 4.78 is 43.7. The van der Waals surface area contributed by atoms with Crippen LogP contribution in [-0.4, -0.2) is 23.6 Å². The number of rotatable bonds is 7. The first kappa shape index (κ1) is 22.5. The number of alkyl halides is 3. The minimum absolute atomic E-state index is 0.0715. The molecular formula is C21H17F3N4O4. The highest BCUT2D eigenvalue weighted by Crippen LogP contribution is 2.31. The summed E-state index contributed by atoms with van der Waals surface area (Å²) >= 11 is 0. The smallest absolute Gasteiger partial charge is 0.416 e. The molecule has 3 rings (SSSR count). The Hall–Kier alpha value is -4.15. The highest BCUT2D eigenvalue weighted by Gasteiger charge is 2.30. The maximum absolute atomic E-state index is 12.7. The molecule has 0 aliphatic rings. The molecule has 8 nitrogen and oxygen atoms in total. The number of amides is 1. The molecule has 1 heterocycles. The van der Waals surface area contributed by atoms with Crippen LogP contribution < -0.4 is 10.7 Å². The molecule has 0 saturated heterocycles. The van der Waals surface area contributed by atoms with Gasteiger partial charge in [0.05, 0.1) is 23.2 Å². The third kappa shape index (κ3) is 5.72. The zero-order valence-electron chi connectivity index (χ0n) is 16.6. The van der Waals surface area contributed by atoms with Crippen LogP contribution >= 0.6 is 0 Å². The van der Waals surface area contributed by atoms with Crippen molar-refractivity contribution in [2.24, 2.45) is 5.10 Å². The summed E-state index contributed by atoms with van der Waals surface area (Å²) in [5.74, 6) is 0.0993. The van der Waals surface area contributed by atoms with Crippen molar-refractivity contribution in [3.63, 3.8) is 0 Å². The molecule has 1 amide bonds. The van der Waals surface area contributed by atoms with Gasteiger partial charge in [-0.3, -0.25) is 14.9 Å². The molecule has 11 heteroatoms. The van der Waals surface area contributed by atoms with E-state index < -0.39 is 22.6 Å². The number of aryl methyl sites for hydroxylation is 1. The van der Waals surface area contributed by atoms with E-state index in [4.69, 9.17) is 4.42 Å². The number of hydrogen-bond donors (Lipinski definition) is 2. The van der Waals surface area contributed by atoms with Gasteiger partial charge in [0.1, 0.15) is 11.5 Å². The van der Waals surface area contributed by atoms with Gasteiger partial charge in [-0.05, 0) is 42.8 Å². The van der Waals surface area contributed by atoms with Crippen molar-refractivity contribution in [3.05, 3.63) is 81.6 Å². The Labute approximate surface area is 179 Å². The molecule has 0 unspecified atom stereocenters. The first-order valence-corrected chi connectivity index (χ1v) is 9.22. The molecule has 0 saturated carbocycles. The van der Waals surface area contributed by atoms with Crippen molar-refractivity contribution < 1.29 is 27.3 Å². The van der Waals surface area contributed by atoms with Crippen LogP contribution in [0.4, 0.5) is 24.5 Å². The molecular weight excluding hydrogens is 429 g/mol. The first-order valence-electron chi connectivity index (χ1n) is 9.22. The summed E-state index contributed by atoms with van der Waals surface area (Å²) in [6.07, 6.45) is -3.24. The molecule has 32 heavy (non-hydrogen) atoms. The minimum Gasteiger partial charge on any atom is -0.455 e. The van der Waals surface area contributed by atoms with Gasteiger partial charge in [0.25, 0.3) is 11.6 Å². The van der Waals surface area contributed by atoms with Crippen LogP contribution in [0.3, 0.4) is 0 Å². The van der Waals surface area contributed by atoms with E-state index in [1.165, 1.54) is 30.5 Å². The predicted molar refractivity (Wildman–Crippen MR) is 111 cm³/mol. The van der Waals surface area contributed by atoms with Crippen molar-refractivity contribution in [2.45, 2.75) is 13.1 Å². The molecule has 166 valence electrons. The van der Waals surface area contributed by atoms with Crippen LogP contribution in [0.5, 0.6) is 0 Å². The Kier molecular flexibility index (Phi) is 6.57. The standard InChI is InChI=1S/C21H17F3N4O4/c1-13-5-6-16(28(30)31)10-18(13)19-8-7-17(32-19)11-26-27-20(29)12-25-15-4-2-3-14(9-15)21(22,23)24/h2-11,25H,12H2,1H3,(H,27,29)/b26-11-. The second-order valence-electron chi connectivity index (χ2n) is 6.68. The zero-order valence-corrected chi connectivity index (χ0v) is 16.6. The number of benzene rings is 2. The predicted octanol–water partition coefficient (Wildman–Crippen LogP) is 4.74. The molecule has 1 aromatic heterocycles. The topological polar surface area (TPSA) is 110 Å². The van der Waals surface area contributed by atoms with E-state index >= 15 is 0 Å². The number of nitro groups is 1. The van der Waals surface area contributed by atoms with Crippen molar-refractivity contribution in [1.29, 1.82) is 0 Å². The van der Waals surface area contributed by atoms with Crippen LogP contribution in [0.2, 0.25) is 0 Å². The lowest BCUT2D eigenvalue weighted by atomic mass is 10.1. The third-order valence-electron chi connectivity index (χ3n) is 4.35. The van der Waals surface area contributed by atoms with Crippen LogP contribution in [0.1, 0.15) is 16.9 Å². The lowest BCUT2D eigenvalue weighted by Crippen LogP contribution is -2.26. The fourth-order valence-corrected chi connectivity index (χ4v) is 2.75. The number of nitrogens with zero attached hydrogens (tertiary/aromatic N) is 2.